The standard InChI is InChI=1S/C27H37ClF2O2/c1-2-3-5-17-8-10-18(11-9-17)19-12-13-21-20(16-19)6-4-7-22(21)27(31)32-24-15-14-23(28)25(29)26(24)30/h14-15,17-22H,2-13,16H2,1H3. The lowest BCUT2D eigenvalue weighted by Crippen LogP contribution is -2.40. The highest BCUT2D eigenvalue weighted by Crippen LogP contribution is 2.50. The fourth-order valence-corrected chi connectivity index (χ4v) is 7.08. The van der Waals surface area contributed by atoms with Crippen LogP contribution >= 0.6 is 11.6 Å². The molecule has 3 aliphatic rings. The Labute approximate surface area is 196 Å². The smallest absolute Gasteiger partial charge is 0.314 e. The second kappa shape index (κ2) is 10.8. The van der Waals surface area contributed by atoms with Gasteiger partial charge in [-0.25, -0.2) is 4.39 Å². The van der Waals surface area contributed by atoms with Crippen molar-refractivity contribution in [1.82, 2.24) is 0 Å². The summed E-state index contributed by atoms with van der Waals surface area (Å²) in [6.45, 7) is 2.28. The van der Waals surface area contributed by atoms with Gasteiger partial charge in [-0.2, -0.15) is 4.39 Å². The minimum absolute atomic E-state index is 0.211. The molecule has 0 amide bonds. The van der Waals surface area contributed by atoms with Crippen LogP contribution in [-0.4, -0.2) is 5.97 Å². The lowest BCUT2D eigenvalue weighted by molar-refractivity contribution is -0.144. The fraction of sp³-hybridized carbons (Fsp3) is 0.741. The highest BCUT2D eigenvalue weighted by molar-refractivity contribution is 6.30. The zero-order valence-corrected chi connectivity index (χ0v) is 20.0. The predicted molar refractivity (Wildman–Crippen MR) is 124 cm³/mol. The maximum absolute atomic E-state index is 14.1. The maximum Gasteiger partial charge on any atom is 0.314 e. The van der Waals surface area contributed by atoms with Crippen molar-refractivity contribution in [2.24, 2.45) is 35.5 Å². The van der Waals surface area contributed by atoms with Crippen LogP contribution in [0.5, 0.6) is 5.75 Å². The maximum atomic E-state index is 14.1. The van der Waals surface area contributed by atoms with Crippen LogP contribution in [0.15, 0.2) is 12.1 Å². The van der Waals surface area contributed by atoms with Crippen LogP contribution in [0.25, 0.3) is 0 Å². The lowest BCUT2D eigenvalue weighted by atomic mass is 9.59. The van der Waals surface area contributed by atoms with Gasteiger partial charge in [0.1, 0.15) is 0 Å². The van der Waals surface area contributed by atoms with Gasteiger partial charge in [-0.15, -0.1) is 0 Å². The number of unbranched alkanes of at least 4 members (excludes halogenated alkanes) is 1. The van der Waals surface area contributed by atoms with E-state index in [-0.39, 0.29) is 16.7 Å². The average molecular weight is 467 g/mol. The minimum atomic E-state index is -1.18. The molecule has 4 atom stereocenters. The molecule has 1 aromatic carbocycles. The molecule has 0 bridgehead atoms. The van der Waals surface area contributed by atoms with Gasteiger partial charge in [0, 0.05) is 0 Å². The van der Waals surface area contributed by atoms with Crippen molar-refractivity contribution in [2.75, 3.05) is 0 Å². The molecule has 0 heterocycles. The molecule has 4 unspecified atom stereocenters. The predicted octanol–water partition coefficient (Wildman–Crippen LogP) is 8.35. The summed E-state index contributed by atoms with van der Waals surface area (Å²) in [5.74, 6) is 0.140. The van der Waals surface area contributed by atoms with Gasteiger partial charge in [0.05, 0.1) is 10.9 Å². The van der Waals surface area contributed by atoms with Crippen LogP contribution in [0.3, 0.4) is 0 Å². The Balaban J connectivity index is 1.33. The Bertz CT molecular complexity index is 790. The van der Waals surface area contributed by atoms with Crippen LogP contribution in [-0.2, 0) is 4.79 Å². The molecular formula is C27H37ClF2O2. The van der Waals surface area contributed by atoms with Gasteiger partial charge in [0.2, 0.25) is 5.82 Å². The molecule has 0 spiro atoms. The average Bonchev–Trinajstić information content (AvgIpc) is 2.82. The zero-order valence-electron chi connectivity index (χ0n) is 19.3. The summed E-state index contributed by atoms with van der Waals surface area (Å²) < 4.78 is 33.2. The second-order valence-electron chi connectivity index (χ2n) is 10.6. The van der Waals surface area contributed by atoms with E-state index in [0.29, 0.717) is 11.8 Å². The number of benzene rings is 1. The van der Waals surface area contributed by atoms with Gasteiger partial charge in [-0.1, -0.05) is 63.5 Å². The molecule has 3 saturated carbocycles. The molecule has 5 heteroatoms. The van der Waals surface area contributed by atoms with E-state index in [1.54, 1.807) is 0 Å². The van der Waals surface area contributed by atoms with Crippen LogP contribution < -0.4 is 4.74 Å². The van der Waals surface area contributed by atoms with Crippen molar-refractivity contribution in [1.29, 1.82) is 0 Å². The third kappa shape index (κ3) is 5.32. The molecule has 178 valence electrons. The number of ether oxygens (including phenoxy) is 1. The number of hydrogen-bond donors (Lipinski definition) is 0. The second-order valence-corrected chi connectivity index (χ2v) is 11.0. The Hall–Kier alpha value is -1.16. The van der Waals surface area contributed by atoms with Crippen molar-refractivity contribution in [3.8, 4) is 5.75 Å². The number of halogens is 3. The van der Waals surface area contributed by atoms with Crippen molar-refractivity contribution < 1.29 is 18.3 Å². The summed E-state index contributed by atoms with van der Waals surface area (Å²) in [6, 6.07) is 2.47. The molecule has 0 aliphatic heterocycles. The first kappa shape index (κ1) is 24.0. The molecular weight excluding hydrogens is 430 g/mol. The first-order chi connectivity index (χ1) is 15.5. The van der Waals surface area contributed by atoms with E-state index in [1.807, 2.05) is 0 Å². The lowest BCUT2D eigenvalue weighted by Gasteiger charge is -2.46. The minimum Gasteiger partial charge on any atom is -0.423 e. The number of rotatable bonds is 6. The summed E-state index contributed by atoms with van der Waals surface area (Å²) in [5, 5.41) is -0.308. The van der Waals surface area contributed by atoms with Crippen molar-refractivity contribution in [3.63, 3.8) is 0 Å². The number of carbonyl (C=O) groups is 1. The van der Waals surface area contributed by atoms with E-state index < -0.39 is 17.6 Å². The molecule has 3 fully saturated rings. The van der Waals surface area contributed by atoms with Crippen molar-refractivity contribution >= 4 is 17.6 Å². The van der Waals surface area contributed by atoms with E-state index in [2.05, 4.69) is 6.92 Å². The van der Waals surface area contributed by atoms with Gasteiger partial charge in [0.15, 0.2) is 11.6 Å². The third-order valence-electron chi connectivity index (χ3n) is 8.73. The molecule has 1 aromatic rings. The Kier molecular flexibility index (Phi) is 8.13. The van der Waals surface area contributed by atoms with E-state index in [1.165, 1.54) is 76.3 Å². The van der Waals surface area contributed by atoms with Crippen molar-refractivity contribution in [3.05, 3.63) is 28.8 Å². The third-order valence-corrected chi connectivity index (χ3v) is 9.02. The number of hydrogen-bond acceptors (Lipinski definition) is 2. The van der Waals surface area contributed by atoms with Gasteiger partial charge in [-0.3, -0.25) is 4.79 Å². The highest BCUT2D eigenvalue weighted by Gasteiger charge is 2.43. The van der Waals surface area contributed by atoms with Gasteiger partial charge in [0.25, 0.3) is 0 Å². The van der Waals surface area contributed by atoms with Crippen LogP contribution in [0, 0.1) is 47.1 Å². The number of esters is 1. The fourth-order valence-electron chi connectivity index (χ4n) is 6.93. The first-order valence-electron chi connectivity index (χ1n) is 12.8. The summed E-state index contributed by atoms with van der Waals surface area (Å²) in [6.07, 6.45) is 16.1. The summed E-state index contributed by atoms with van der Waals surface area (Å²) in [5.41, 5.74) is 0. The Morgan fingerprint density at radius 2 is 1.72 bits per heavy atom. The quantitative estimate of drug-likeness (QED) is 0.239. The largest absolute Gasteiger partial charge is 0.423 e. The molecule has 0 N–H and O–H groups in total. The van der Waals surface area contributed by atoms with E-state index in [9.17, 15) is 13.6 Å². The Morgan fingerprint density at radius 3 is 2.47 bits per heavy atom. The van der Waals surface area contributed by atoms with E-state index in [0.717, 1.165) is 37.0 Å². The van der Waals surface area contributed by atoms with Crippen LogP contribution in [0.1, 0.15) is 90.4 Å². The van der Waals surface area contributed by atoms with E-state index >= 15 is 0 Å². The van der Waals surface area contributed by atoms with Gasteiger partial charge < -0.3 is 4.74 Å². The number of fused-ring (bicyclic) bond motifs is 1. The summed E-state index contributed by atoms with van der Waals surface area (Å²) in [4.78, 5) is 12.9. The van der Waals surface area contributed by atoms with Crippen molar-refractivity contribution in [2.45, 2.75) is 90.4 Å². The van der Waals surface area contributed by atoms with Gasteiger partial charge >= 0.3 is 5.97 Å². The molecule has 3 aliphatic carbocycles. The first-order valence-corrected chi connectivity index (χ1v) is 13.2. The van der Waals surface area contributed by atoms with E-state index in [4.69, 9.17) is 16.3 Å². The molecule has 0 saturated heterocycles. The van der Waals surface area contributed by atoms with Crippen LogP contribution in [0.2, 0.25) is 5.02 Å². The Morgan fingerprint density at radius 1 is 0.969 bits per heavy atom. The van der Waals surface area contributed by atoms with Crippen LogP contribution in [0.4, 0.5) is 8.78 Å². The summed E-state index contributed by atoms with van der Waals surface area (Å²) >= 11 is 5.61. The monoisotopic (exact) mass is 466 g/mol. The highest BCUT2D eigenvalue weighted by atomic mass is 35.5. The molecule has 0 aromatic heterocycles. The zero-order chi connectivity index (χ0) is 22.7. The summed E-state index contributed by atoms with van der Waals surface area (Å²) in [7, 11) is 0. The van der Waals surface area contributed by atoms with Gasteiger partial charge in [-0.05, 0) is 80.2 Å². The molecule has 32 heavy (non-hydrogen) atoms. The SMILES string of the molecule is CCCCC1CCC(C2CCC3C(CCCC3C(=O)Oc3ccc(Cl)c(F)c3F)C2)CC1. The molecule has 4 rings (SSSR count). The molecule has 2 nitrogen and oxygen atoms in total. The number of carbonyl (C=O) groups excluding carboxylic acids is 1. The normalized spacial score (nSPS) is 32.9. The molecule has 0 radical (unpaired) electrons. The topological polar surface area (TPSA) is 26.3 Å².